The number of aliphatic hydroxyl groups is 1. The minimum absolute atomic E-state index is 0.0332. The van der Waals surface area contributed by atoms with Gasteiger partial charge in [0.15, 0.2) is 22.3 Å². The van der Waals surface area contributed by atoms with E-state index in [1.165, 1.54) is 59.1 Å². The van der Waals surface area contributed by atoms with Crippen molar-refractivity contribution in [2.24, 2.45) is 45.4 Å². The van der Waals surface area contributed by atoms with Crippen LogP contribution in [0, 0.1) is 0 Å². The predicted octanol–water partition coefficient (Wildman–Crippen LogP) is -4.11. The number of nitrogens with one attached hydrogen (secondary N) is 1. The SMILES string of the molecule is CCO.CCOC(=O)Cn1cnc2c1c(=O)n(C)c(=O)n2C.Cn1c(=O)c2c(ncn2CC(=O)NCCCN)n(C)c1=O.NCCCN.O=CO. The van der Waals surface area contributed by atoms with Gasteiger partial charge in [0.2, 0.25) is 5.91 Å². The summed E-state index contributed by atoms with van der Waals surface area (Å²) in [5.41, 5.74) is 14.5. The Morgan fingerprint density at radius 2 is 1.18 bits per heavy atom. The van der Waals surface area contributed by atoms with Crippen LogP contribution in [0.1, 0.15) is 26.7 Å². The zero-order valence-electron chi connectivity index (χ0n) is 29.8. The molecule has 4 aromatic heterocycles. The Kier molecular flexibility index (Phi) is 21.3. The number of carbonyl (C=O) groups excluding carboxylic acids is 2. The molecule has 4 heterocycles. The molecule has 0 unspecified atom stereocenters. The van der Waals surface area contributed by atoms with E-state index in [4.69, 9.17) is 36.9 Å². The van der Waals surface area contributed by atoms with E-state index in [-0.39, 0.29) is 61.0 Å². The summed E-state index contributed by atoms with van der Waals surface area (Å²) in [7, 11) is 5.82. The van der Waals surface area contributed by atoms with Crippen LogP contribution >= 0.6 is 0 Å². The van der Waals surface area contributed by atoms with Gasteiger partial charge in [0, 0.05) is 41.3 Å². The van der Waals surface area contributed by atoms with E-state index >= 15 is 0 Å². The number of hydrogen-bond donors (Lipinski definition) is 6. The summed E-state index contributed by atoms with van der Waals surface area (Å²) in [4.78, 5) is 87.4. The summed E-state index contributed by atoms with van der Waals surface area (Å²) in [6, 6.07) is 0. The van der Waals surface area contributed by atoms with Gasteiger partial charge >= 0.3 is 17.3 Å². The highest BCUT2D eigenvalue weighted by atomic mass is 16.5. The molecule has 0 saturated heterocycles. The first-order valence-electron chi connectivity index (χ1n) is 15.6. The van der Waals surface area contributed by atoms with E-state index in [0.29, 0.717) is 19.5 Å². The van der Waals surface area contributed by atoms with Crippen LogP contribution in [0.4, 0.5) is 0 Å². The highest BCUT2D eigenvalue weighted by Crippen LogP contribution is 2.06. The van der Waals surface area contributed by atoms with Crippen LogP contribution in [-0.4, -0.2) is 105 Å². The van der Waals surface area contributed by atoms with Gasteiger partial charge in [-0.2, -0.15) is 0 Å². The molecule has 286 valence electrons. The van der Waals surface area contributed by atoms with Crippen molar-refractivity contribution in [1.29, 1.82) is 0 Å². The summed E-state index contributed by atoms with van der Waals surface area (Å²) in [6.07, 6.45) is 4.36. The number of aryl methyl sites for hydroxylation is 2. The van der Waals surface area contributed by atoms with Crippen molar-refractivity contribution in [3.8, 4) is 0 Å². The predicted molar refractivity (Wildman–Crippen MR) is 188 cm³/mol. The maximum absolute atomic E-state index is 12.2. The molecule has 0 fully saturated rings. The van der Waals surface area contributed by atoms with Gasteiger partial charge in [-0.15, -0.1) is 0 Å². The van der Waals surface area contributed by atoms with E-state index in [9.17, 15) is 28.8 Å². The molecule has 0 aliphatic carbocycles. The zero-order valence-corrected chi connectivity index (χ0v) is 29.8. The highest BCUT2D eigenvalue weighted by Gasteiger charge is 2.17. The molecule has 4 rings (SSSR count). The maximum atomic E-state index is 12.2. The minimum atomic E-state index is -0.486. The number of carboxylic acid groups (broad SMARTS) is 1. The summed E-state index contributed by atoms with van der Waals surface area (Å²) < 4.78 is 12.2. The van der Waals surface area contributed by atoms with Gasteiger partial charge in [0.25, 0.3) is 17.6 Å². The zero-order chi connectivity index (χ0) is 39.3. The molecular weight excluding hydrogens is 676 g/mol. The van der Waals surface area contributed by atoms with Crippen LogP contribution in [0.15, 0.2) is 31.8 Å². The van der Waals surface area contributed by atoms with Gasteiger partial charge in [-0.05, 0) is 46.3 Å². The topological polar surface area (TPSA) is 315 Å². The standard InChI is InChI=1S/C12H18N6O3.C11H14N4O4.C3H10N2.C2H6O.CH2O2/c1-16-10-9(11(20)17(2)12(16)21)18(7-15-10)6-8(19)14-5-3-4-13;1-4-19-7(16)5-15-6-12-9-8(15)10(17)14(3)11(18)13(9)2;4-2-1-3-5;1-2-3;2-1-3/h7H,3-6,13H2,1-2H3,(H,14,19);6H,4-5H2,1-3H3;1-5H2;3H,2H2,1H3;1H,(H,2,3). The fourth-order valence-corrected chi connectivity index (χ4v) is 4.04. The summed E-state index contributed by atoms with van der Waals surface area (Å²) >= 11 is 0. The number of ether oxygens (including phenoxy) is 1. The van der Waals surface area contributed by atoms with E-state index < -0.39 is 28.5 Å². The van der Waals surface area contributed by atoms with Crippen molar-refractivity contribution >= 4 is 40.7 Å². The third-order valence-electron chi connectivity index (χ3n) is 6.46. The Morgan fingerprint density at radius 3 is 1.53 bits per heavy atom. The van der Waals surface area contributed by atoms with E-state index in [1.54, 1.807) is 13.8 Å². The van der Waals surface area contributed by atoms with Crippen LogP contribution in [0.5, 0.6) is 0 Å². The second kappa shape index (κ2) is 23.8. The Morgan fingerprint density at radius 1 is 0.784 bits per heavy atom. The third kappa shape index (κ3) is 13.1. The molecule has 9 N–H and O–H groups in total. The number of aliphatic hydroxyl groups excluding tert-OH is 1. The molecule has 0 spiro atoms. The molecule has 0 aliphatic heterocycles. The molecule has 0 atom stereocenters. The lowest BCUT2D eigenvalue weighted by molar-refractivity contribution is -0.143. The van der Waals surface area contributed by atoms with Crippen molar-refractivity contribution in [2.45, 2.75) is 39.8 Å². The lowest BCUT2D eigenvalue weighted by atomic mass is 10.4. The van der Waals surface area contributed by atoms with Crippen LogP contribution in [0.2, 0.25) is 0 Å². The monoisotopic (exact) mass is 726 g/mol. The van der Waals surface area contributed by atoms with Gasteiger partial charge < -0.3 is 46.6 Å². The van der Waals surface area contributed by atoms with Crippen molar-refractivity contribution in [3.63, 3.8) is 0 Å². The van der Waals surface area contributed by atoms with Gasteiger partial charge in [0.1, 0.15) is 13.1 Å². The Bertz CT molecular complexity index is 1930. The fourth-order valence-electron chi connectivity index (χ4n) is 4.04. The number of aromatic nitrogens is 8. The Labute approximate surface area is 291 Å². The molecule has 0 aliphatic rings. The summed E-state index contributed by atoms with van der Waals surface area (Å²) in [5, 5.41) is 17.2. The lowest BCUT2D eigenvalue weighted by Crippen LogP contribution is -2.38. The van der Waals surface area contributed by atoms with E-state index in [1.807, 2.05) is 0 Å². The second-order valence-corrected chi connectivity index (χ2v) is 10.2. The Balaban J connectivity index is 0.000000764. The Hall–Kier alpha value is -5.45. The molecule has 0 saturated carbocycles. The lowest BCUT2D eigenvalue weighted by Gasteiger charge is -2.07. The van der Waals surface area contributed by atoms with Crippen molar-refractivity contribution in [2.75, 3.05) is 39.4 Å². The average Bonchev–Trinajstić information content (AvgIpc) is 3.71. The molecule has 4 aromatic rings. The van der Waals surface area contributed by atoms with Gasteiger partial charge in [0.05, 0.1) is 19.3 Å². The third-order valence-corrected chi connectivity index (χ3v) is 6.46. The number of carbonyl (C=O) groups is 3. The first-order valence-corrected chi connectivity index (χ1v) is 15.6. The van der Waals surface area contributed by atoms with Crippen LogP contribution in [-0.2, 0) is 60.4 Å². The second-order valence-electron chi connectivity index (χ2n) is 10.2. The highest BCUT2D eigenvalue weighted by molar-refractivity contribution is 5.79. The van der Waals surface area contributed by atoms with E-state index in [0.717, 1.165) is 28.6 Å². The van der Waals surface area contributed by atoms with Crippen molar-refractivity contribution in [1.82, 2.24) is 42.7 Å². The molecule has 22 heteroatoms. The number of amides is 1. The van der Waals surface area contributed by atoms with Crippen molar-refractivity contribution < 1.29 is 29.3 Å². The number of rotatable bonds is 10. The molecule has 0 radical (unpaired) electrons. The smallest absolute Gasteiger partial charge is 0.332 e. The summed E-state index contributed by atoms with van der Waals surface area (Å²) in [5.74, 6) is -0.698. The number of esters is 1. The molecule has 51 heavy (non-hydrogen) atoms. The summed E-state index contributed by atoms with van der Waals surface area (Å²) in [6.45, 7) is 5.92. The molecule has 1 amide bonds. The van der Waals surface area contributed by atoms with Crippen LogP contribution in [0.25, 0.3) is 22.3 Å². The molecule has 0 bridgehead atoms. The van der Waals surface area contributed by atoms with Gasteiger partial charge in [-0.3, -0.25) is 42.2 Å². The van der Waals surface area contributed by atoms with E-state index in [2.05, 4.69) is 15.3 Å². The minimum Gasteiger partial charge on any atom is -0.483 e. The van der Waals surface area contributed by atoms with Gasteiger partial charge in [-0.25, -0.2) is 19.6 Å². The number of nitrogens with zero attached hydrogens (tertiary/aromatic N) is 8. The number of hydrogen-bond acceptors (Lipinski definition) is 14. The van der Waals surface area contributed by atoms with Gasteiger partial charge in [-0.1, -0.05) is 0 Å². The first-order chi connectivity index (χ1) is 24.2. The number of imidazole rings is 2. The first kappa shape index (κ1) is 45.6. The average molecular weight is 727 g/mol. The maximum Gasteiger partial charge on any atom is 0.332 e. The number of fused-ring (bicyclic) bond motifs is 2. The quantitative estimate of drug-likeness (QED) is 0.0514. The molecule has 0 aromatic carbocycles. The van der Waals surface area contributed by atoms with Crippen molar-refractivity contribution in [3.05, 3.63) is 54.3 Å². The van der Waals surface area contributed by atoms with Crippen LogP contribution < -0.4 is 45.0 Å². The fraction of sp³-hybridized carbons (Fsp3) is 0.552. The molecule has 22 nitrogen and oxygen atoms in total. The normalized spacial score (nSPS) is 10.0. The van der Waals surface area contributed by atoms with Crippen LogP contribution in [0.3, 0.4) is 0 Å². The molecular formula is C29H50N12O10. The number of nitrogens with two attached hydrogens (primary N) is 3. The largest absolute Gasteiger partial charge is 0.483 e.